The zero-order valence-electron chi connectivity index (χ0n) is 10.6. The number of nitrogens with one attached hydrogen (secondary N) is 1. The summed E-state index contributed by atoms with van der Waals surface area (Å²) >= 11 is -0.00645. The van der Waals surface area contributed by atoms with Gasteiger partial charge in [-0.15, -0.1) is 0 Å². The number of hydrogen-bond acceptors (Lipinski definition) is 3. The van der Waals surface area contributed by atoms with Gasteiger partial charge in [0, 0.05) is 37.8 Å². The van der Waals surface area contributed by atoms with Crippen LogP contribution in [0.15, 0.2) is 18.2 Å². The fourth-order valence-corrected chi connectivity index (χ4v) is 2.00. The Kier molecular flexibility index (Phi) is 5.19. The lowest BCUT2D eigenvalue weighted by molar-refractivity contribution is -0.0327. The van der Waals surface area contributed by atoms with Crippen LogP contribution in [0.1, 0.15) is 5.56 Å². The molecule has 0 amide bonds. The van der Waals surface area contributed by atoms with Gasteiger partial charge in [-0.1, -0.05) is 6.07 Å². The van der Waals surface area contributed by atoms with E-state index >= 15 is 0 Å². The normalized spacial score (nSPS) is 11.4. The number of anilines is 2. The van der Waals surface area contributed by atoms with Crippen LogP contribution in [0.5, 0.6) is 0 Å². The zero-order valence-corrected chi connectivity index (χ0v) is 11.5. The Balaban J connectivity index is 2.51. The molecule has 0 saturated heterocycles. The Morgan fingerprint density at radius 2 is 1.94 bits per heavy atom. The highest BCUT2D eigenvalue weighted by atomic mass is 32.2. The molecule has 0 radical (unpaired) electrons. The van der Waals surface area contributed by atoms with Crippen LogP contribution in [0.2, 0.25) is 0 Å². The van der Waals surface area contributed by atoms with Crippen molar-refractivity contribution in [3.8, 4) is 0 Å². The first-order valence-corrected chi connectivity index (χ1v) is 6.50. The van der Waals surface area contributed by atoms with Crippen LogP contribution >= 0.6 is 11.8 Å². The molecular formula is C12H17F3N2S. The van der Waals surface area contributed by atoms with Gasteiger partial charge >= 0.3 is 5.51 Å². The molecule has 0 aromatic heterocycles. The van der Waals surface area contributed by atoms with Crippen molar-refractivity contribution in [2.45, 2.75) is 12.4 Å². The lowest BCUT2D eigenvalue weighted by Crippen LogP contribution is -2.12. The number of aryl methyl sites for hydroxylation is 1. The summed E-state index contributed by atoms with van der Waals surface area (Å²) in [7, 11) is 3.87. The van der Waals surface area contributed by atoms with Crippen molar-refractivity contribution in [3.63, 3.8) is 0 Å². The Hall–Kier alpha value is -1.04. The summed E-state index contributed by atoms with van der Waals surface area (Å²) in [6.07, 6.45) is 0. The minimum atomic E-state index is -4.15. The smallest absolute Gasteiger partial charge is 0.384 e. The fraction of sp³-hybridized carbons (Fsp3) is 0.500. The maximum Gasteiger partial charge on any atom is 0.441 e. The second-order valence-electron chi connectivity index (χ2n) is 4.12. The van der Waals surface area contributed by atoms with Crippen molar-refractivity contribution in [1.29, 1.82) is 0 Å². The molecule has 6 heteroatoms. The molecule has 0 spiro atoms. The Bertz CT molecular complexity index is 391. The van der Waals surface area contributed by atoms with Crippen LogP contribution < -0.4 is 10.2 Å². The van der Waals surface area contributed by atoms with Crippen LogP contribution in [0.4, 0.5) is 24.5 Å². The van der Waals surface area contributed by atoms with E-state index in [1.54, 1.807) is 0 Å². The molecule has 102 valence electrons. The molecule has 1 aromatic carbocycles. The molecular weight excluding hydrogens is 261 g/mol. The van der Waals surface area contributed by atoms with Crippen LogP contribution in [0, 0.1) is 6.92 Å². The number of nitrogens with zero attached hydrogens (tertiary/aromatic N) is 1. The molecule has 0 aliphatic carbocycles. The van der Waals surface area contributed by atoms with E-state index in [0.29, 0.717) is 6.54 Å². The van der Waals surface area contributed by atoms with Gasteiger partial charge in [0.2, 0.25) is 0 Å². The highest BCUT2D eigenvalue weighted by Gasteiger charge is 2.27. The van der Waals surface area contributed by atoms with Crippen molar-refractivity contribution < 1.29 is 13.2 Å². The molecule has 1 N–H and O–H groups in total. The van der Waals surface area contributed by atoms with Crippen LogP contribution in [-0.4, -0.2) is 31.9 Å². The molecule has 0 heterocycles. The molecule has 0 aliphatic heterocycles. The summed E-state index contributed by atoms with van der Waals surface area (Å²) < 4.78 is 35.8. The second-order valence-corrected chi connectivity index (χ2v) is 5.28. The molecule has 0 fully saturated rings. The number of thioether (sulfide) groups is 1. The Morgan fingerprint density at radius 3 is 2.50 bits per heavy atom. The van der Waals surface area contributed by atoms with Gasteiger partial charge in [-0.3, -0.25) is 0 Å². The van der Waals surface area contributed by atoms with Gasteiger partial charge in [0.05, 0.1) is 0 Å². The van der Waals surface area contributed by atoms with Crippen molar-refractivity contribution in [2.24, 2.45) is 0 Å². The third kappa shape index (κ3) is 5.08. The summed E-state index contributed by atoms with van der Waals surface area (Å²) in [5.74, 6) is 0.00861. The van der Waals surface area contributed by atoms with Gasteiger partial charge in [0.1, 0.15) is 0 Å². The molecule has 18 heavy (non-hydrogen) atoms. The summed E-state index contributed by atoms with van der Waals surface area (Å²) in [6.45, 7) is 2.29. The topological polar surface area (TPSA) is 15.3 Å². The highest BCUT2D eigenvalue weighted by Crippen LogP contribution is 2.29. The zero-order chi connectivity index (χ0) is 13.8. The molecule has 0 bridgehead atoms. The van der Waals surface area contributed by atoms with Crippen LogP contribution in [-0.2, 0) is 0 Å². The van der Waals surface area contributed by atoms with Gasteiger partial charge in [-0.2, -0.15) is 13.2 Å². The number of halogens is 3. The monoisotopic (exact) mass is 278 g/mol. The molecule has 0 atom stereocenters. The number of rotatable bonds is 5. The van der Waals surface area contributed by atoms with Crippen molar-refractivity contribution in [3.05, 3.63) is 23.8 Å². The SMILES string of the molecule is Cc1ccc(NCCSC(F)(F)F)cc1N(C)C. The third-order valence-corrected chi connectivity index (χ3v) is 3.12. The largest absolute Gasteiger partial charge is 0.441 e. The van der Waals surface area contributed by atoms with E-state index in [9.17, 15) is 13.2 Å². The number of hydrogen-bond donors (Lipinski definition) is 1. The summed E-state index contributed by atoms with van der Waals surface area (Å²) in [4.78, 5) is 1.98. The van der Waals surface area contributed by atoms with E-state index < -0.39 is 5.51 Å². The lowest BCUT2D eigenvalue weighted by atomic mass is 10.1. The molecule has 1 rings (SSSR count). The molecule has 0 aliphatic rings. The summed E-state index contributed by atoms with van der Waals surface area (Å²) in [5, 5.41) is 2.99. The second kappa shape index (κ2) is 6.22. The predicted molar refractivity (Wildman–Crippen MR) is 72.5 cm³/mol. The summed E-state index contributed by atoms with van der Waals surface area (Å²) in [6, 6.07) is 5.77. The molecule has 0 unspecified atom stereocenters. The standard InChI is InChI=1S/C12H17F3N2S/c1-9-4-5-10(8-11(9)17(2)3)16-6-7-18-12(13,14)15/h4-5,8,16H,6-7H2,1-3H3. The maximum atomic E-state index is 11.9. The summed E-state index contributed by atoms with van der Waals surface area (Å²) in [5.41, 5.74) is -1.12. The van der Waals surface area contributed by atoms with Gasteiger partial charge < -0.3 is 10.2 Å². The average molecular weight is 278 g/mol. The highest BCUT2D eigenvalue weighted by molar-refractivity contribution is 8.00. The van der Waals surface area contributed by atoms with Gasteiger partial charge in [-0.05, 0) is 36.4 Å². The van der Waals surface area contributed by atoms with E-state index in [1.165, 1.54) is 0 Å². The average Bonchev–Trinajstić information content (AvgIpc) is 2.24. The van der Waals surface area contributed by atoms with Crippen molar-refractivity contribution in [2.75, 3.05) is 36.6 Å². The van der Waals surface area contributed by atoms with E-state index in [0.717, 1.165) is 16.9 Å². The van der Waals surface area contributed by atoms with Gasteiger partial charge in [0.15, 0.2) is 0 Å². The van der Waals surface area contributed by atoms with Crippen molar-refractivity contribution in [1.82, 2.24) is 0 Å². The molecule has 2 nitrogen and oxygen atoms in total. The van der Waals surface area contributed by atoms with Crippen LogP contribution in [0.3, 0.4) is 0 Å². The minimum absolute atomic E-state index is 0.00645. The van der Waals surface area contributed by atoms with E-state index in [-0.39, 0.29) is 17.5 Å². The Labute approximate surface area is 110 Å². The van der Waals surface area contributed by atoms with Gasteiger partial charge in [-0.25, -0.2) is 0 Å². The van der Waals surface area contributed by atoms with E-state index in [2.05, 4.69) is 5.32 Å². The molecule has 0 saturated carbocycles. The number of benzene rings is 1. The first-order chi connectivity index (χ1) is 8.29. The maximum absolute atomic E-state index is 11.9. The number of alkyl halides is 3. The predicted octanol–water partition coefficient (Wildman–Crippen LogP) is 3.73. The van der Waals surface area contributed by atoms with Crippen molar-refractivity contribution >= 4 is 23.1 Å². The Morgan fingerprint density at radius 1 is 1.28 bits per heavy atom. The third-order valence-electron chi connectivity index (χ3n) is 2.39. The van der Waals surface area contributed by atoms with E-state index in [1.807, 2.05) is 44.1 Å². The van der Waals surface area contributed by atoms with Gasteiger partial charge in [0.25, 0.3) is 0 Å². The van der Waals surface area contributed by atoms with Crippen LogP contribution in [0.25, 0.3) is 0 Å². The fourth-order valence-electron chi connectivity index (χ4n) is 1.56. The van der Waals surface area contributed by atoms with E-state index in [4.69, 9.17) is 0 Å². The quantitative estimate of drug-likeness (QED) is 0.826. The minimum Gasteiger partial charge on any atom is -0.384 e. The lowest BCUT2D eigenvalue weighted by Gasteiger charge is -2.17. The first-order valence-electron chi connectivity index (χ1n) is 5.52. The first kappa shape index (κ1) is 15.0. The molecule has 1 aromatic rings.